The SMILES string of the molecule is CCC[C@@H](OC[C@H](O)CN1CCC[C@H]1CC1=CC(F)C(C)C=C1)c1cc(Cl)ccc1CCC(=O)O. The Bertz CT molecular complexity index is 905. The molecule has 2 aliphatic rings. The zero-order valence-electron chi connectivity index (χ0n) is 20.8. The second-order valence-electron chi connectivity index (χ2n) is 9.90. The van der Waals surface area contributed by atoms with Crippen LogP contribution in [0.5, 0.6) is 0 Å². The molecule has 0 aromatic heterocycles. The van der Waals surface area contributed by atoms with Crippen molar-refractivity contribution >= 4 is 17.6 Å². The van der Waals surface area contributed by atoms with E-state index < -0.39 is 18.2 Å². The summed E-state index contributed by atoms with van der Waals surface area (Å²) in [5.41, 5.74) is 2.85. The number of nitrogens with zero attached hydrogens (tertiary/aromatic N) is 1. The first-order valence-corrected chi connectivity index (χ1v) is 13.2. The van der Waals surface area contributed by atoms with Crippen molar-refractivity contribution in [1.82, 2.24) is 4.90 Å². The van der Waals surface area contributed by atoms with Crippen LogP contribution in [-0.2, 0) is 16.0 Å². The lowest BCUT2D eigenvalue weighted by atomic mass is 9.92. The molecule has 7 heteroatoms. The average molecular weight is 508 g/mol. The standard InChI is InChI=1S/C28H39ClFNO4/c1-3-5-27(25-16-22(29)11-9-21(25)10-12-28(33)34)35-18-24(32)17-31-13-4-6-23(31)14-20-8-7-19(2)26(30)15-20/h7-9,11,15-16,19,23-24,26-27,32H,3-6,10,12-14,17-18H2,1-2H3,(H,33,34)/t19?,23-,24+,26?,27+/m0/s1. The molecule has 1 saturated heterocycles. The summed E-state index contributed by atoms with van der Waals surface area (Å²) in [6.45, 7) is 5.57. The van der Waals surface area contributed by atoms with Gasteiger partial charge >= 0.3 is 5.97 Å². The maximum Gasteiger partial charge on any atom is 0.303 e. The number of rotatable bonds is 13. The fourth-order valence-electron chi connectivity index (χ4n) is 5.04. The van der Waals surface area contributed by atoms with Gasteiger partial charge < -0.3 is 14.9 Å². The Morgan fingerprint density at radius 3 is 2.89 bits per heavy atom. The van der Waals surface area contributed by atoms with Crippen LogP contribution in [0.25, 0.3) is 0 Å². The third-order valence-corrected chi connectivity index (χ3v) is 7.24. The molecule has 1 aliphatic heterocycles. The number of benzene rings is 1. The van der Waals surface area contributed by atoms with Gasteiger partial charge in [0.2, 0.25) is 0 Å². The molecule has 35 heavy (non-hydrogen) atoms. The normalized spacial score (nSPS) is 24.4. The average Bonchev–Trinajstić information content (AvgIpc) is 3.24. The predicted molar refractivity (Wildman–Crippen MR) is 138 cm³/mol. The Labute approximate surface area is 213 Å². The van der Waals surface area contributed by atoms with Crippen molar-refractivity contribution in [3.8, 4) is 0 Å². The molecule has 0 amide bonds. The number of aliphatic hydroxyl groups excluding tert-OH is 1. The van der Waals surface area contributed by atoms with E-state index in [1.165, 1.54) is 0 Å². The molecular weight excluding hydrogens is 469 g/mol. The number of carboxylic acid groups (broad SMARTS) is 1. The van der Waals surface area contributed by atoms with Crippen LogP contribution in [-0.4, -0.2) is 59.1 Å². The second kappa shape index (κ2) is 13.5. The smallest absolute Gasteiger partial charge is 0.303 e. The highest BCUT2D eigenvalue weighted by Crippen LogP contribution is 2.31. The van der Waals surface area contributed by atoms with Crippen molar-refractivity contribution in [2.75, 3.05) is 19.7 Å². The van der Waals surface area contributed by atoms with Crippen molar-refractivity contribution in [2.24, 2.45) is 5.92 Å². The highest BCUT2D eigenvalue weighted by molar-refractivity contribution is 6.30. The number of ether oxygens (including phenoxy) is 1. The summed E-state index contributed by atoms with van der Waals surface area (Å²) in [6, 6.07) is 5.79. The zero-order valence-corrected chi connectivity index (χ0v) is 21.6. The zero-order chi connectivity index (χ0) is 25.4. The minimum Gasteiger partial charge on any atom is -0.481 e. The number of carboxylic acids is 1. The van der Waals surface area contributed by atoms with Gasteiger partial charge in [0.1, 0.15) is 6.17 Å². The largest absolute Gasteiger partial charge is 0.481 e. The third-order valence-electron chi connectivity index (χ3n) is 7.01. The molecule has 0 spiro atoms. The van der Waals surface area contributed by atoms with E-state index in [2.05, 4.69) is 11.8 Å². The first kappa shape index (κ1) is 27.9. The lowest BCUT2D eigenvalue weighted by molar-refractivity contribution is -0.136. The first-order chi connectivity index (χ1) is 16.8. The molecule has 194 valence electrons. The van der Waals surface area contributed by atoms with E-state index in [0.29, 0.717) is 24.0 Å². The molecule has 5 nitrogen and oxygen atoms in total. The number of hydrogen-bond acceptors (Lipinski definition) is 4. The summed E-state index contributed by atoms with van der Waals surface area (Å²) in [7, 11) is 0. The van der Waals surface area contributed by atoms with E-state index in [9.17, 15) is 14.3 Å². The number of halogens is 2. The highest BCUT2D eigenvalue weighted by atomic mass is 35.5. The lowest BCUT2D eigenvalue weighted by Crippen LogP contribution is -2.38. The van der Waals surface area contributed by atoms with Crippen LogP contribution in [0.1, 0.15) is 69.6 Å². The predicted octanol–water partition coefficient (Wildman–Crippen LogP) is 5.90. The Morgan fingerprint density at radius 1 is 1.37 bits per heavy atom. The van der Waals surface area contributed by atoms with Gasteiger partial charge in [-0.2, -0.15) is 0 Å². The monoisotopic (exact) mass is 507 g/mol. The highest BCUT2D eigenvalue weighted by Gasteiger charge is 2.28. The summed E-state index contributed by atoms with van der Waals surface area (Å²) >= 11 is 6.25. The molecule has 1 aromatic carbocycles. The molecule has 2 unspecified atom stereocenters. The number of aryl methyl sites for hydroxylation is 1. The molecule has 1 aliphatic carbocycles. The van der Waals surface area contributed by atoms with E-state index in [-0.39, 0.29) is 25.0 Å². The summed E-state index contributed by atoms with van der Waals surface area (Å²) < 4.78 is 20.3. The van der Waals surface area contributed by atoms with Crippen LogP contribution >= 0.6 is 11.6 Å². The van der Waals surface area contributed by atoms with E-state index in [0.717, 1.165) is 55.3 Å². The Hall–Kier alpha value is -1.73. The maximum absolute atomic E-state index is 14.1. The van der Waals surface area contributed by atoms with Crippen molar-refractivity contribution in [1.29, 1.82) is 0 Å². The fraction of sp³-hybridized carbons (Fsp3) is 0.607. The molecule has 5 atom stereocenters. The van der Waals surface area contributed by atoms with Gasteiger partial charge in [-0.15, -0.1) is 0 Å². The maximum atomic E-state index is 14.1. The molecule has 0 saturated carbocycles. The fourth-order valence-corrected chi connectivity index (χ4v) is 5.22. The van der Waals surface area contributed by atoms with Gasteiger partial charge in [-0.05, 0) is 73.6 Å². The third kappa shape index (κ3) is 8.42. The molecule has 0 bridgehead atoms. The number of allylic oxidation sites excluding steroid dienone is 3. The van der Waals surface area contributed by atoms with E-state index in [1.54, 1.807) is 12.1 Å². The number of aliphatic hydroxyl groups is 1. The van der Waals surface area contributed by atoms with Crippen LogP contribution in [0.4, 0.5) is 4.39 Å². The first-order valence-electron chi connectivity index (χ1n) is 12.8. The number of aliphatic carboxylic acids is 1. The quantitative estimate of drug-likeness (QED) is 0.348. The summed E-state index contributed by atoms with van der Waals surface area (Å²) in [5.74, 6) is -0.914. The number of β-amino-alcohol motifs (C(OH)–C–C–N with tert-alkyl or cyclic N) is 1. The Balaban J connectivity index is 1.58. The van der Waals surface area contributed by atoms with Crippen molar-refractivity contribution in [2.45, 2.75) is 83.2 Å². The van der Waals surface area contributed by atoms with Gasteiger partial charge in [0.15, 0.2) is 0 Å². The van der Waals surface area contributed by atoms with Crippen LogP contribution < -0.4 is 0 Å². The van der Waals surface area contributed by atoms with Gasteiger partial charge in [0.05, 0.1) is 18.8 Å². The van der Waals surface area contributed by atoms with E-state index >= 15 is 0 Å². The molecule has 1 heterocycles. The Morgan fingerprint density at radius 2 is 2.17 bits per heavy atom. The van der Waals surface area contributed by atoms with Gasteiger partial charge in [-0.3, -0.25) is 9.69 Å². The van der Waals surface area contributed by atoms with Crippen molar-refractivity contribution < 1.29 is 24.1 Å². The van der Waals surface area contributed by atoms with Gasteiger partial charge in [0, 0.05) is 29.9 Å². The number of hydrogen-bond donors (Lipinski definition) is 2. The minimum absolute atomic E-state index is 0.0418. The minimum atomic E-state index is -0.925. The molecule has 0 radical (unpaired) electrons. The van der Waals surface area contributed by atoms with E-state index in [4.69, 9.17) is 21.4 Å². The Kier molecular flexibility index (Phi) is 10.8. The second-order valence-corrected chi connectivity index (χ2v) is 10.3. The molecule has 3 rings (SSSR count). The summed E-state index contributed by atoms with van der Waals surface area (Å²) in [4.78, 5) is 13.4. The van der Waals surface area contributed by atoms with Crippen molar-refractivity contribution in [3.63, 3.8) is 0 Å². The molecule has 2 N–H and O–H groups in total. The molecular formula is C28H39ClFNO4. The number of likely N-dealkylation sites (tertiary alicyclic amines) is 1. The van der Waals surface area contributed by atoms with Crippen LogP contribution in [0, 0.1) is 5.92 Å². The van der Waals surface area contributed by atoms with Gasteiger partial charge in [0.25, 0.3) is 0 Å². The molecule has 1 fully saturated rings. The lowest BCUT2D eigenvalue weighted by Gasteiger charge is -2.29. The van der Waals surface area contributed by atoms with Crippen LogP contribution in [0.2, 0.25) is 5.02 Å². The van der Waals surface area contributed by atoms with Gasteiger partial charge in [-0.1, -0.05) is 50.1 Å². The van der Waals surface area contributed by atoms with Gasteiger partial charge in [-0.25, -0.2) is 4.39 Å². The molecule has 1 aromatic rings. The number of alkyl halides is 1. The van der Waals surface area contributed by atoms with Crippen LogP contribution in [0.15, 0.2) is 42.0 Å². The van der Waals surface area contributed by atoms with Crippen LogP contribution in [0.3, 0.4) is 0 Å². The summed E-state index contributed by atoms with van der Waals surface area (Å²) in [6.07, 6.45) is 8.88. The number of carbonyl (C=O) groups is 1. The topological polar surface area (TPSA) is 70.0 Å². The van der Waals surface area contributed by atoms with Crippen molar-refractivity contribution in [3.05, 3.63) is 58.1 Å². The summed E-state index contributed by atoms with van der Waals surface area (Å²) in [5, 5.41) is 20.5. The van der Waals surface area contributed by atoms with E-state index in [1.807, 2.05) is 31.2 Å².